The standard InChI is InChI=1S/C11H17N3O3S/c1-17-14(7-9-5-3-2-4-6-9)13-12-10(8-18)11(15)16/h2-6,10,12-13,18H,7-8H2,1H3,(H,15,16)/t10-/m0/s1. The highest BCUT2D eigenvalue weighted by atomic mass is 32.1. The van der Waals surface area contributed by atoms with Crippen LogP contribution in [-0.4, -0.2) is 35.2 Å². The molecule has 0 fully saturated rings. The molecule has 0 unspecified atom stereocenters. The number of aliphatic carboxylic acids is 1. The number of hydrogen-bond acceptors (Lipinski definition) is 6. The zero-order valence-corrected chi connectivity index (χ0v) is 10.9. The van der Waals surface area contributed by atoms with Gasteiger partial charge in [-0.25, -0.2) is 5.43 Å². The van der Waals surface area contributed by atoms with Crippen LogP contribution in [0.15, 0.2) is 30.3 Å². The summed E-state index contributed by atoms with van der Waals surface area (Å²) in [6.45, 7) is 0.475. The van der Waals surface area contributed by atoms with Crippen LogP contribution in [-0.2, 0) is 16.2 Å². The first-order chi connectivity index (χ1) is 8.67. The summed E-state index contributed by atoms with van der Waals surface area (Å²) in [7, 11) is 1.49. The zero-order valence-electron chi connectivity index (χ0n) is 10.0. The fourth-order valence-corrected chi connectivity index (χ4v) is 1.48. The first kappa shape index (κ1) is 14.9. The van der Waals surface area contributed by atoms with Crippen molar-refractivity contribution in [2.75, 3.05) is 12.9 Å². The van der Waals surface area contributed by atoms with E-state index in [-0.39, 0.29) is 5.75 Å². The predicted octanol–water partition coefficient (Wildman–Crippen LogP) is 0.442. The number of nitrogens with one attached hydrogen (secondary N) is 2. The van der Waals surface area contributed by atoms with Gasteiger partial charge in [-0.05, 0) is 5.56 Å². The van der Waals surface area contributed by atoms with Gasteiger partial charge in [0, 0.05) is 5.75 Å². The third-order valence-electron chi connectivity index (χ3n) is 2.23. The minimum atomic E-state index is -0.978. The average molecular weight is 271 g/mol. The Morgan fingerprint density at radius 3 is 2.67 bits per heavy atom. The number of hydrogen-bond donors (Lipinski definition) is 4. The number of carboxylic acids is 1. The second-order valence-corrected chi connectivity index (χ2v) is 3.90. The van der Waals surface area contributed by atoms with Gasteiger partial charge in [-0.1, -0.05) is 30.3 Å². The van der Waals surface area contributed by atoms with Gasteiger partial charge < -0.3 is 5.11 Å². The van der Waals surface area contributed by atoms with Gasteiger partial charge in [0.15, 0.2) is 0 Å². The molecule has 0 radical (unpaired) electrons. The lowest BCUT2D eigenvalue weighted by atomic mass is 10.2. The van der Waals surface area contributed by atoms with Gasteiger partial charge in [-0.3, -0.25) is 9.63 Å². The number of nitrogens with zero attached hydrogens (tertiary/aromatic N) is 1. The summed E-state index contributed by atoms with van der Waals surface area (Å²) in [6.07, 6.45) is 0. The normalized spacial score (nSPS) is 12.6. The molecule has 0 saturated carbocycles. The number of hydroxylamine groups is 1. The largest absolute Gasteiger partial charge is 0.480 e. The molecule has 0 aliphatic rings. The molecule has 0 aliphatic heterocycles. The molecule has 0 aromatic heterocycles. The second kappa shape index (κ2) is 8.06. The van der Waals surface area contributed by atoms with Gasteiger partial charge in [0.2, 0.25) is 0 Å². The Balaban J connectivity index is 2.45. The molecule has 100 valence electrons. The van der Waals surface area contributed by atoms with Gasteiger partial charge in [-0.2, -0.15) is 18.2 Å². The number of thiol groups is 1. The Morgan fingerprint density at radius 1 is 1.50 bits per heavy atom. The molecule has 0 amide bonds. The number of rotatable bonds is 8. The van der Waals surface area contributed by atoms with Gasteiger partial charge in [0.1, 0.15) is 6.04 Å². The Kier molecular flexibility index (Phi) is 6.69. The quantitative estimate of drug-likeness (QED) is 0.406. The molecule has 1 rings (SSSR count). The lowest BCUT2D eigenvalue weighted by Crippen LogP contribution is -2.53. The Hall–Kier alpha value is -1.12. The maximum Gasteiger partial charge on any atom is 0.322 e. The van der Waals surface area contributed by atoms with E-state index in [1.165, 1.54) is 12.3 Å². The van der Waals surface area contributed by atoms with Crippen LogP contribution in [0.4, 0.5) is 0 Å². The van der Waals surface area contributed by atoms with Crippen LogP contribution in [0.2, 0.25) is 0 Å². The first-order valence-corrected chi connectivity index (χ1v) is 6.01. The SMILES string of the molecule is CON(Cc1ccccc1)NN[C@@H](CS)C(=O)O. The summed E-state index contributed by atoms with van der Waals surface area (Å²) in [5.41, 5.74) is 6.33. The van der Waals surface area contributed by atoms with Gasteiger partial charge in [0.05, 0.1) is 13.7 Å². The van der Waals surface area contributed by atoms with E-state index in [2.05, 4.69) is 23.6 Å². The Labute approximate surface area is 111 Å². The van der Waals surface area contributed by atoms with Crippen molar-refractivity contribution in [2.24, 2.45) is 0 Å². The van der Waals surface area contributed by atoms with E-state index in [9.17, 15) is 4.79 Å². The smallest absolute Gasteiger partial charge is 0.322 e. The molecule has 0 spiro atoms. The van der Waals surface area contributed by atoms with Crippen LogP contribution < -0.4 is 11.0 Å². The van der Waals surface area contributed by atoms with Gasteiger partial charge in [-0.15, -0.1) is 5.17 Å². The monoisotopic (exact) mass is 271 g/mol. The van der Waals surface area contributed by atoms with E-state index in [0.29, 0.717) is 6.54 Å². The van der Waals surface area contributed by atoms with Crippen molar-refractivity contribution in [3.05, 3.63) is 35.9 Å². The summed E-state index contributed by atoms with van der Waals surface area (Å²) in [4.78, 5) is 15.8. The molecule has 1 atom stereocenters. The number of carboxylic acid groups (broad SMARTS) is 1. The topological polar surface area (TPSA) is 73.8 Å². The van der Waals surface area contributed by atoms with Crippen LogP contribution in [0.1, 0.15) is 5.56 Å². The highest BCUT2D eigenvalue weighted by Gasteiger charge is 2.15. The predicted molar refractivity (Wildman–Crippen MR) is 70.5 cm³/mol. The molecule has 3 N–H and O–H groups in total. The van der Waals surface area contributed by atoms with Gasteiger partial charge >= 0.3 is 5.97 Å². The van der Waals surface area contributed by atoms with Crippen molar-refractivity contribution in [3.8, 4) is 0 Å². The Morgan fingerprint density at radius 2 is 2.17 bits per heavy atom. The second-order valence-electron chi connectivity index (χ2n) is 3.53. The fraction of sp³-hybridized carbons (Fsp3) is 0.364. The number of benzene rings is 1. The summed E-state index contributed by atoms with van der Waals surface area (Å²) in [6, 6.07) is 8.87. The minimum Gasteiger partial charge on any atom is -0.480 e. The molecular formula is C11H17N3O3S. The molecule has 1 aromatic rings. The summed E-state index contributed by atoms with van der Waals surface area (Å²) in [5, 5.41) is 10.2. The molecule has 0 aliphatic carbocycles. The summed E-state index contributed by atoms with van der Waals surface area (Å²) < 4.78 is 0. The van der Waals surface area contributed by atoms with Crippen molar-refractivity contribution in [1.29, 1.82) is 0 Å². The maximum atomic E-state index is 10.8. The molecule has 7 heteroatoms. The minimum absolute atomic E-state index is 0.172. The maximum absolute atomic E-state index is 10.8. The van der Waals surface area contributed by atoms with Crippen molar-refractivity contribution in [1.82, 2.24) is 16.1 Å². The molecule has 0 bridgehead atoms. The third-order valence-corrected chi connectivity index (χ3v) is 2.60. The van der Waals surface area contributed by atoms with Crippen molar-refractivity contribution in [3.63, 3.8) is 0 Å². The highest BCUT2D eigenvalue weighted by molar-refractivity contribution is 7.80. The van der Waals surface area contributed by atoms with Crippen LogP contribution >= 0.6 is 12.6 Å². The van der Waals surface area contributed by atoms with E-state index in [1.807, 2.05) is 30.3 Å². The van der Waals surface area contributed by atoms with E-state index < -0.39 is 12.0 Å². The number of hydrazine groups is 2. The lowest BCUT2D eigenvalue weighted by Gasteiger charge is -2.23. The number of carbonyl (C=O) groups is 1. The molecule has 1 aromatic carbocycles. The summed E-state index contributed by atoms with van der Waals surface area (Å²) in [5.74, 6) is -0.807. The van der Waals surface area contributed by atoms with E-state index in [1.54, 1.807) is 0 Å². The zero-order chi connectivity index (χ0) is 13.4. The first-order valence-electron chi connectivity index (χ1n) is 5.37. The van der Waals surface area contributed by atoms with Crippen molar-refractivity contribution in [2.45, 2.75) is 12.6 Å². The highest BCUT2D eigenvalue weighted by Crippen LogP contribution is 2.01. The fourth-order valence-electron chi connectivity index (χ4n) is 1.23. The molecule has 0 heterocycles. The van der Waals surface area contributed by atoms with E-state index in [0.717, 1.165) is 5.56 Å². The van der Waals surface area contributed by atoms with E-state index in [4.69, 9.17) is 9.94 Å². The third kappa shape index (κ3) is 5.03. The molecule has 18 heavy (non-hydrogen) atoms. The summed E-state index contributed by atoms with van der Waals surface area (Å²) >= 11 is 3.94. The molecular weight excluding hydrogens is 254 g/mol. The molecule has 6 nitrogen and oxygen atoms in total. The molecule has 0 saturated heterocycles. The Bertz CT molecular complexity index is 364. The van der Waals surface area contributed by atoms with Gasteiger partial charge in [0.25, 0.3) is 0 Å². The van der Waals surface area contributed by atoms with Crippen molar-refractivity contribution < 1.29 is 14.7 Å². The average Bonchev–Trinajstić information content (AvgIpc) is 2.38. The van der Waals surface area contributed by atoms with Crippen LogP contribution in [0, 0.1) is 0 Å². The van der Waals surface area contributed by atoms with Crippen molar-refractivity contribution >= 4 is 18.6 Å². The van der Waals surface area contributed by atoms with E-state index >= 15 is 0 Å². The van der Waals surface area contributed by atoms with Crippen LogP contribution in [0.3, 0.4) is 0 Å². The van der Waals surface area contributed by atoms with Crippen LogP contribution in [0.5, 0.6) is 0 Å². The van der Waals surface area contributed by atoms with Crippen LogP contribution in [0.25, 0.3) is 0 Å². The lowest BCUT2D eigenvalue weighted by molar-refractivity contribution is -0.192.